The van der Waals surface area contributed by atoms with Crippen LogP contribution in [-0.4, -0.2) is 50.7 Å². The Morgan fingerprint density at radius 2 is 2.26 bits per heavy atom. The average molecular weight is 315 g/mol. The highest BCUT2D eigenvalue weighted by Crippen LogP contribution is 2.19. The molecule has 1 fully saturated rings. The zero-order chi connectivity index (χ0) is 15.5. The van der Waals surface area contributed by atoms with Crippen LogP contribution in [0.25, 0.3) is 11.7 Å². The summed E-state index contributed by atoms with van der Waals surface area (Å²) in [6.07, 6.45) is 5.41. The van der Waals surface area contributed by atoms with Crippen molar-refractivity contribution in [2.45, 2.75) is 19.2 Å². The maximum absolute atomic E-state index is 5.80. The van der Waals surface area contributed by atoms with Crippen LogP contribution in [0.4, 0.5) is 0 Å². The van der Waals surface area contributed by atoms with E-state index in [1.807, 2.05) is 16.9 Å². The number of morpholine rings is 1. The lowest BCUT2D eigenvalue weighted by Gasteiger charge is -2.31. The van der Waals surface area contributed by atoms with E-state index < -0.39 is 0 Å². The van der Waals surface area contributed by atoms with E-state index in [1.54, 1.807) is 24.6 Å². The Kier molecular flexibility index (Phi) is 3.91. The smallest absolute Gasteiger partial charge is 0.283 e. The molecule has 1 aliphatic heterocycles. The molecule has 120 valence electrons. The fourth-order valence-electron chi connectivity index (χ4n) is 2.66. The van der Waals surface area contributed by atoms with Crippen LogP contribution < -0.4 is 0 Å². The molecule has 0 aromatic carbocycles. The molecule has 4 rings (SSSR count). The Balaban J connectivity index is 1.37. The van der Waals surface area contributed by atoms with E-state index in [4.69, 9.17) is 13.6 Å². The highest BCUT2D eigenvalue weighted by molar-refractivity contribution is 5.42. The minimum absolute atomic E-state index is 0.108. The summed E-state index contributed by atoms with van der Waals surface area (Å²) >= 11 is 0. The third-order valence-electron chi connectivity index (χ3n) is 3.73. The van der Waals surface area contributed by atoms with Crippen LogP contribution in [0.2, 0.25) is 0 Å². The Hall–Kier alpha value is -2.45. The molecule has 0 bridgehead atoms. The maximum Gasteiger partial charge on any atom is 0.283 e. The molecule has 0 aliphatic carbocycles. The van der Waals surface area contributed by atoms with Crippen LogP contribution in [-0.2, 0) is 17.8 Å². The summed E-state index contributed by atoms with van der Waals surface area (Å²) in [5, 5.41) is 12.3. The van der Waals surface area contributed by atoms with Gasteiger partial charge in [-0.3, -0.25) is 9.58 Å². The minimum Gasteiger partial charge on any atom is -0.459 e. The van der Waals surface area contributed by atoms with Crippen molar-refractivity contribution in [3.05, 3.63) is 42.7 Å². The van der Waals surface area contributed by atoms with Crippen LogP contribution in [0.1, 0.15) is 5.89 Å². The quantitative estimate of drug-likeness (QED) is 0.704. The Morgan fingerprint density at radius 1 is 1.26 bits per heavy atom. The van der Waals surface area contributed by atoms with Gasteiger partial charge < -0.3 is 13.6 Å². The Bertz CT molecular complexity index is 722. The molecule has 23 heavy (non-hydrogen) atoms. The SMILES string of the molecule is c1coc(-c2nnc(CN3CCOC(Cn4cccn4)C3)o2)c1. The third-order valence-corrected chi connectivity index (χ3v) is 3.73. The van der Waals surface area contributed by atoms with Gasteiger partial charge in [-0.05, 0) is 18.2 Å². The van der Waals surface area contributed by atoms with Crippen molar-refractivity contribution >= 4 is 0 Å². The van der Waals surface area contributed by atoms with Crippen LogP contribution in [0.5, 0.6) is 0 Å². The Labute approximate surface area is 132 Å². The third kappa shape index (κ3) is 3.33. The topological polar surface area (TPSA) is 82.4 Å². The number of furan rings is 1. The molecule has 3 aromatic rings. The molecule has 0 spiro atoms. The number of nitrogens with zero attached hydrogens (tertiary/aromatic N) is 5. The lowest BCUT2D eigenvalue weighted by molar-refractivity contribution is -0.0422. The van der Waals surface area contributed by atoms with Crippen molar-refractivity contribution in [1.29, 1.82) is 0 Å². The van der Waals surface area contributed by atoms with Gasteiger partial charge in [-0.2, -0.15) is 5.10 Å². The summed E-state index contributed by atoms with van der Waals surface area (Å²) in [7, 11) is 0. The van der Waals surface area contributed by atoms with Gasteiger partial charge in [-0.15, -0.1) is 10.2 Å². The predicted octanol–water partition coefficient (Wildman–Crippen LogP) is 1.43. The van der Waals surface area contributed by atoms with Crippen LogP contribution in [0.15, 0.2) is 45.7 Å². The van der Waals surface area contributed by atoms with Crippen LogP contribution in [0, 0.1) is 0 Å². The highest BCUT2D eigenvalue weighted by Gasteiger charge is 2.23. The van der Waals surface area contributed by atoms with Crippen molar-refractivity contribution in [3.63, 3.8) is 0 Å². The fourth-order valence-corrected chi connectivity index (χ4v) is 2.66. The first-order valence-corrected chi connectivity index (χ1v) is 7.54. The first-order chi connectivity index (χ1) is 11.4. The molecule has 0 amide bonds. The standard InChI is InChI=1S/C15H17N5O3/c1-3-13(22-7-1)15-18-17-14(23-15)11-19-6-8-21-12(9-19)10-20-5-2-4-16-20/h1-5,7,12H,6,8-11H2. The molecule has 3 aromatic heterocycles. The number of aromatic nitrogens is 4. The van der Waals surface area contributed by atoms with Crippen LogP contribution in [0.3, 0.4) is 0 Å². The van der Waals surface area contributed by atoms with Gasteiger partial charge in [0, 0.05) is 25.5 Å². The van der Waals surface area contributed by atoms with Crippen molar-refractivity contribution in [1.82, 2.24) is 24.9 Å². The second-order valence-electron chi connectivity index (χ2n) is 5.43. The van der Waals surface area contributed by atoms with E-state index in [0.29, 0.717) is 30.7 Å². The summed E-state index contributed by atoms with van der Waals surface area (Å²) in [5.41, 5.74) is 0. The lowest BCUT2D eigenvalue weighted by Crippen LogP contribution is -2.43. The molecular formula is C15H17N5O3. The summed E-state index contributed by atoms with van der Waals surface area (Å²) in [6, 6.07) is 5.50. The van der Waals surface area contributed by atoms with Gasteiger partial charge in [0.1, 0.15) is 0 Å². The van der Waals surface area contributed by atoms with E-state index in [-0.39, 0.29) is 6.10 Å². The van der Waals surface area contributed by atoms with Crippen LogP contribution >= 0.6 is 0 Å². The van der Waals surface area contributed by atoms with Crippen molar-refractivity contribution in [2.24, 2.45) is 0 Å². The van der Waals surface area contributed by atoms with Gasteiger partial charge >= 0.3 is 0 Å². The second kappa shape index (κ2) is 6.35. The average Bonchev–Trinajstić information content (AvgIpc) is 3.30. The molecule has 1 atom stereocenters. The first-order valence-electron chi connectivity index (χ1n) is 7.54. The van der Waals surface area contributed by atoms with Crippen molar-refractivity contribution in [3.8, 4) is 11.7 Å². The van der Waals surface area contributed by atoms with Gasteiger partial charge in [-0.25, -0.2) is 0 Å². The van der Waals surface area contributed by atoms with E-state index in [1.165, 1.54) is 0 Å². The Morgan fingerprint density at radius 3 is 3.09 bits per heavy atom. The van der Waals surface area contributed by atoms with E-state index in [0.717, 1.165) is 19.6 Å². The first kappa shape index (κ1) is 14.2. The maximum atomic E-state index is 5.80. The predicted molar refractivity (Wildman–Crippen MR) is 79.2 cm³/mol. The number of ether oxygens (including phenoxy) is 1. The van der Waals surface area contributed by atoms with Crippen molar-refractivity contribution < 1.29 is 13.6 Å². The number of hydrogen-bond donors (Lipinski definition) is 0. The molecule has 4 heterocycles. The van der Waals surface area contributed by atoms with E-state index in [9.17, 15) is 0 Å². The normalized spacial score (nSPS) is 19.2. The van der Waals surface area contributed by atoms with E-state index >= 15 is 0 Å². The molecular weight excluding hydrogens is 298 g/mol. The monoisotopic (exact) mass is 315 g/mol. The fraction of sp³-hybridized carbons (Fsp3) is 0.400. The molecule has 0 saturated carbocycles. The molecule has 0 radical (unpaired) electrons. The van der Waals surface area contributed by atoms with Gasteiger partial charge in [0.2, 0.25) is 5.89 Å². The largest absolute Gasteiger partial charge is 0.459 e. The molecule has 1 unspecified atom stereocenters. The minimum atomic E-state index is 0.108. The molecule has 8 nitrogen and oxygen atoms in total. The lowest BCUT2D eigenvalue weighted by atomic mass is 10.2. The zero-order valence-corrected chi connectivity index (χ0v) is 12.5. The number of rotatable bonds is 5. The summed E-state index contributed by atoms with van der Waals surface area (Å²) in [5.74, 6) is 1.57. The van der Waals surface area contributed by atoms with Crippen molar-refractivity contribution in [2.75, 3.05) is 19.7 Å². The molecule has 1 aliphatic rings. The molecule has 8 heteroatoms. The summed E-state index contributed by atoms with van der Waals surface area (Å²) in [4.78, 5) is 2.25. The van der Waals surface area contributed by atoms with E-state index in [2.05, 4.69) is 20.2 Å². The van der Waals surface area contributed by atoms with Gasteiger partial charge in [0.15, 0.2) is 5.76 Å². The highest BCUT2D eigenvalue weighted by atomic mass is 16.5. The van der Waals surface area contributed by atoms with Gasteiger partial charge in [0.05, 0.1) is 32.1 Å². The second-order valence-corrected chi connectivity index (χ2v) is 5.43. The summed E-state index contributed by atoms with van der Waals surface area (Å²) in [6.45, 7) is 3.68. The number of hydrogen-bond acceptors (Lipinski definition) is 7. The zero-order valence-electron chi connectivity index (χ0n) is 12.5. The van der Waals surface area contributed by atoms with Gasteiger partial charge in [-0.1, -0.05) is 0 Å². The van der Waals surface area contributed by atoms with Gasteiger partial charge in [0.25, 0.3) is 5.89 Å². The summed E-state index contributed by atoms with van der Waals surface area (Å²) < 4.78 is 18.6. The molecule has 0 N–H and O–H groups in total. The molecule has 1 saturated heterocycles.